The second kappa shape index (κ2) is 8.01. The van der Waals surface area contributed by atoms with E-state index in [1.54, 1.807) is 31.0 Å². The Morgan fingerprint density at radius 1 is 1.08 bits per heavy atom. The fourth-order valence-electron chi connectivity index (χ4n) is 2.87. The summed E-state index contributed by atoms with van der Waals surface area (Å²) >= 11 is 0. The summed E-state index contributed by atoms with van der Waals surface area (Å²) in [6.07, 6.45) is 1.89. The number of benzene rings is 2. The van der Waals surface area contributed by atoms with Crippen molar-refractivity contribution in [1.82, 2.24) is 15.1 Å². The molecule has 5 nitrogen and oxygen atoms in total. The van der Waals surface area contributed by atoms with E-state index in [0.717, 1.165) is 28.3 Å². The van der Waals surface area contributed by atoms with Crippen LogP contribution in [0, 0.1) is 5.82 Å². The lowest BCUT2D eigenvalue weighted by Gasteiger charge is -2.19. The van der Waals surface area contributed by atoms with Gasteiger partial charge in [-0.2, -0.15) is 5.10 Å². The van der Waals surface area contributed by atoms with Gasteiger partial charge in [0, 0.05) is 25.4 Å². The van der Waals surface area contributed by atoms with Gasteiger partial charge in [0.2, 0.25) is 0 Å². The Kier molecular flexibility index (Phi) is 5.53. The first-order valence-corrected chi connectivity index (χ1v) is 8.30. The van der Waals surface area contributed by atoms with Gasteiger partial charge in [-0.15, -0.1) is 0 Å². The molecule has 3 rings (SSSR count). The summed E-state index contributed by atoms with van der Waals surface area (Å²) in [5, 5.41) is 8.00. The molecule has 1 aromatic heterocycles. The van der Waals surface area contributed by atoms with E-state index in [1.807, 2.05) is 37.5 Å². The quantitative estimate of drug-likeness (QED) is 0.705. The molecule has 0 aliphatic carbocycles. The number of methoxy groups -OCH3 is 2. The van der Waals surface area contributed by atoms with Crippen molar-refractivity contribution in [2.45, 2.75) is 12.6 Å². The predicted molar refractivity (Wildman–Crippen MR) is 97.8 cm³/mol. The third-order valence-corrected chi connectivity index (χ3v) is 4.22. The molecule has 0 fully saturated rings. The van der Waals surface area contributed by atoms with Crippen LogP contribution in [0.15, 0.2) is 54.7 Å². The van der Waals surface area contributed by atoms with E-state index in [4.69, 9.17) is 9.47 Å². The van der Waals surface area contributed by atoms with Crippen LogP contribution in [-0.2, 0) is 13.6 Å². The van der Waals surface area contributed by atoms with E-state index in [9.17, 15) is 4.39 Å². The summed E-state index contributed by atoms with van der Waals surface area (Å²) in [6, 6.07) is 13.9. The number of aryl methyl sites for hydroxylation is 1. The zero-order valence-corrected chi connectivity index (χ0v) is 15.1. The average Bonchev–Trinajstić information content (AvgIpc) is 3.09. The third kappa shape index (κ3) is 4.03. The van der Waals surface area contributed by atoms with Gasteiger partial charge in [0.25, 0.3) is 0 Å². The van der Waals surface area contributed by atoms with Crippen LogP contribution >= 0.6 is 0 Å². The number of nitrogens with one attached hydrogen (secondary N) is 1. The van der Waals surface area contributed by atoms with Gasteiger partial charge < -0.3 is 14.8 Å². The monoisotopic (exact) mass is 355 g/mol. The van der Waals surface area contributed by atoms with Crippen molar-refractivity contribution in [2.24, 2.45) is 7.05 Å². The highest BCUT2D eigenvalue weighted by molar-refractivity contribution is 5.40. The van der Waals surface area contributed by atoms with Crippen molar-refractivity contribution < 1.29 is 13.9 Å². The van der Waals surface area contributed by atoms with E-state index in [0.29, 0.717) is 6.54 Å². The summed E-state index contributed by atoms with van der Waals surface area (Å²) in [5.74, 6) is 1.28. The number of rotatable bonds is 7. The molecule has 0 aliphatic heterocycles. The summed E-state index contributed by atoms with van der Waals surface area (Å²) in [7, 11) is 5.14. The molecule has 1 N–H and O–H groups in total. The third-order valence-electron chi connectivity index (χ3n) is 4.22. The van der Waals surface area contributed by atoms with Crippen molar-refractivity contribution in [3.63, 3.8) is 0 Å². The minimum absolute atomic E-state index is 0.173. The number of hydrogen-bond acceptors (Lipinski definition) is 4. The molecule has 0 unspecified atom stereocenters. The molecule has 0 saturated heterocycles. The van der Waals surface area contributed by atoms with Crippen molar-refractivity contribution in [3.8, 4) is 11.5 Å². The second-order valence-corrected chi connectivity index (χ2v) is 5.96. The van der Waals surface area contributed by atoms with E-state index < -0.39 is 0 Å². The van der Waals surface area contributed by atoms with Crippen LogP contribution in [0.5, 0.6) is 11.5 Å². The molecular formula is C20H22FN3O2. The number of halogens is 1. The summed E-state index contributed by atoms with van der Waals surface area (Å²) in [4.78, 5) is 0. The highest BCUT2D eigenvalue weighted by atomic mass is 19.1. The fraction of sp³-hybridized carbons (Fsp3) is 0.250. The van der Waals surface area contributed by atoms with Crippen LogP contribution < -0.4 is 14.8 Å². The fourth-order valence-corrected chi connectivity index (χ4v) is 2.87. The average molecular weight is 355 g/mol. The molecule has 0 amide bonds. The topological polar surface area (TPSA) is 48.3 Å². The Morgan fingerprint density at radius 3 is 2.46 bits per heavy atom. The van der Waals surface area contributed by atoms with Crippen molar-refractivity contribution in [3.05, 3.63) is 77.4 Å². The summed E-state index contributed by atoms with van der Waals surface area (Å²) in [6.45, 7) is 0.541. The Labute approximate surface area is 152 Å². The molecule has 0 spiro atoms. The first-order chi connectivity index (χ1) is 12.6. The SMILES string of the molecule is COc1ccc(OC)c(CN[C@@H](c2ccc(F)cc2)c2ccn(C)n2)c1. The van der Waals surface area contributed by atoms with Crippen LogP contribution in [0.3, 0.4) is 0 Å². The van der Waals surface area contributed by atoms with Crippen LogP contribution in [0.2, 0.25) is 0 Å². The number of aromatic nitrogens is 2. The van der Waals surface area contributed by atoms with E-state index >= 15 is 0 Å². The lowest BCUT2D eigenvalue weighted by atomic mass is 10.0. The normalized spacial score (nSPS) is 12.0. The Balaban J connectivity index is 1.88. The smallest absolute Gasteiger partial charge is 0.123 e. The van der Waals surface area contributed by atoms with Crippen molar-refractivity contribution >= 4 is 0 Å². The minimum Gasteiger partial charge on any atom is -0.497 e. The molecule has 2 aromatic carbocycles. The van der Waals surface area contributed by atoms with Gasteiger partial charge in [-0.1, -0.05) is 12.1 Å². The van der Waals surface area contributed by atoms with Gasteiger partial charge >= 0.3 is 0 Å². The molecule has 1 atom stereocenters. The Hall–Kier alpha value is -2.86. The lowest BCUT2D eigenvalue weighted by Crippen LogP contribution is -2.23. The van der Waals surface area contributed by atoms with Crippen LogP contribution in [0.1, 0.15) is 22.9 Å². The molecule has 1 heterocycles. The maximum absolute atomic E-state index is 13.3. The molecule has 0 radical (unpaired) electrons. The van der Waals surface area contributed by atoms with E-state index in [1.165, 1.54) is 12.1 Å². The van der Waals surface area contributed by atoms with E-state index in [2.05, 4.69) is 10.4 Å². The van der Waals surface area contributed by atoms with Gasteiger partial charge in [-0.25, -0.2) is 4.39 Å². The van der Waals surface area contributed by atoms with Gasteiger partial charge in [-0.05, 0) is 42.0 Å². The van der Waals surface area contributed by atoms with Crippen molar-refractivity contribution in [2.75, 3.05) is 14.2 Å². The van der Waals surface area contributed by atoms with Gasteiger partial charge in [0.15, 0.2) is 0 Å². The molecule has 6 heteroatoms. The van der Waals surface area contributed by atoms with Crippen molar-refractivity contribution in [1.29, 1.82) is 0 Å². The zero-order valence-electron chi connectivity index (χ0n) is 15.1. The highest BCUT2D eigenvalue weighted by Crippen LogP contribution is 2.26. The van der Waals surface area contributed by atoms with Crippen LogP contribution in [0.25, 0.3) is 0 Å². The Bertz CT molecular complexity index is 862. The molecule has 136 valence electrons. The predicted octanol–water partition coefficient (Wildman–Crippen LogP) is 3.46. The Morgan fingerprint density at radius 2 is 1.85 bits per heavy atom. The number of hydrogen-bond donors (Lipinski definition) is 1. The standard InChI is InChI=1S/C20H22FN3O2/c1-24-11-10-18(23-24)20(14-4-6-16(21)7-5-14)22-13-15-12-17(25-2)8-9-19(15)26-3/h4-12,20,22H,13H2,1-3H3/t20-/m0/s1. The molecule has 26 heavy (non-hydrogen) atoms. The lowest BCUT2D eigenvalue weighted by molar-refractivity contribution is 0.396. The molecule has 3 aromatic rings. The first kappa shape index (κ1) is 17.9. The molecule has 0 saturated carbocycles. The first-order valence-electron chi connectivity index (χ1n) is 8.30. The molecule has 0 bridgehead atoms. The number of ether oxygens (including phenoxy) is 2. The summed E-state index contributed by atoms with van der Waals surface area (Å²) in [5.41, 5.74) is 2.77. The van der Waals surface area contributed by atoms with Crippen LogP contribution in [0.4, 0.5) is 4.39 Å². The maximum Gasteiger partial charge on any atom is 0.123 e. The zero-order chi connectivity index (χ0) is 18.5. The molecule has 0 aliphatic rings. The van der Waals surface area contributed by atoms with Gasteiger partial charge in [0.05, 0.1) is 26.0 Å². The van der Waals surface area contributed by atoms with Gasteiger partial charge in [-0.3, -0.25) is 4.68 Å². The largest absolute Gasteiger partial charge is 0.497 e. The minimum atomic E-state index is -0.261. The van der Waals surface area contributed by atoms with E-state index in [-0.39, 0.29) is 11.9 Å². The second-order valence-electron chi connectivity index (χ2n) is 5.96. The van der Waals surface area contributed by atoms with Crippen LogP contribution in [-0.4, -0.2) is 24.0 Å². The maximum atomic E-state index is 13.3. The number of nitrogens with zero attached hydrogens (tertiary/aromatic N) is 2. The van der Waals surface area contributed by atoms with Gasteiger partial charge in [0.1, 0.15) is 17.3 Å². The summed E-state index contributed by atoms with van der Waals surface area (Å²) < 4.78 is 25.8. The highest BCUT2D eigenvalue weighted by Gasteiger charge is 2.17. The molecular weight excluding hydrogens is 333 g/mol.